The Kier molecular flexibility index (Phi) is 2.26. The van der Waals surface area contributed by atoms with Gasteiger partial charge >= 0.3 is 0 Å². The first-order valence-corrected chi connectivity index (χ1v) is 5.80. The van der Waals surface area contributed by atoms with Gasteiger partial charge in [-0.15, -0.1) is 0 Å². The lowest BCUT2D eigenvalue weighted by Crippen LogP contribution is -1.76. The number of rotatable bonds is 1. The van der Waals surface area contributed by atoms with E-state index in [2.05, 4.69) is 25.9 Å². The molecular formula is C11H6BrClN2O. The van der Waals surface area contributed by atoms with E-state index in [1.807, 2.05) is 18.2 Å². The first kappa shape index (κ1) is 9.93. The number of halogens is 2. The maximum absolute atomic E-state index is 5.90. The van der Waals surface area contributed by atoms with Crippen molar-refractivity contribution in [2.45, 2.75) is 0 Å². The average Bonchev–Trinajstić information content (AvgIpc) is 2.82. The quantitative estimate of drug-likeness (QED) is 0.730. The van der Waals surface area contributed by atoms with Gasteiger partial charge in [0.1, 0.15) is 5.82 Å². The van der Waals surface area contributed by atoms with E-state index in [1.54, 1.807) is 12.3 Å². The molecule has 0 unspecified atom stereocenters. The molecule has 0 amide bonds. The number of benzene rings is 1. The molecular weight excluding hydrogens is 291 g/mol. The van der Waals surface area contributed by atoms with Crippen LogP contribution in [0.2, 0.25) is 5.22 Å². The van der Waals surface area contributed by atoms with E-state index in [1.165, 1.54) is 0 Å². The summed E-state index contributed by atoms with van der Waals surface area (Å²) in [6.45, 7) is 0. The van der Waals surface area contributed by atoms with Crippen molar-refractivity contribution in [1.82, 2.24) is 9.97 Å². The summed E-state index contributed by atoms with van der Waals surface area (Å²) in [4.78, 5) is 7.63. The van der Waals surface area contributed by atoms with Gasteiger partial charge in [0.2, 0.25) is 5.22 Å². The maximum Gasteiger partial charge on any atom is 0.203 e. The standard InChI is InChI=1S/C11H6BrClN2O/c12-6-1-2-8-9(5-6)15-11(14-8)7-3-4-16-10(7)13/h1-5H,(H,14,15). The molecule has 3 aromatic rings. The lowest BCUT2D eigenvalue weighted by molar-refractivity contribution is 0.570. The summed E-state index contributed by atoms with van der Waals surface area (Å²) in [6.07, 6.45) is 1.54. The van der Waals surface area contributed by atoms with Crippen LogP contribution in [0.25, 0.3) is 22.4 Å². The van der Waals surface area contributed by atoms with Crippen molar-refractivity contribution in [3.05, 3.63) is 40.2 Å². The van der Waals surface area contributed by atoms with Crippen LogP contribution in [0.1, 0.15) is 0 Å². The summed E-state index contributed by atoms with van der Waals surface area (Å²) in [5.41, 5.74) is 2.63. The lowest BCUT2D eigenvalue weighted by Gasteiger charge is -1.89. The fraction of sp³-hybridized carbons (Fsp3) is 0. The van der Waals surface area contributed by atoms with Crippen LogP contribution in [0.5, 0.6) is 0 Å². The number of furan rings is 1. The molecule has 0 saturated heterocycles. The second-order valence-electron chi connectivity index (χ2n) is 3.35. The first-order valence-electron chi connectivity index (χ1n) is 4.63. The monoisotopic (exact) mass is 296 g/mol. The van der Waals surface area contributed by atoms with E-state index >= 15 is 0 Å². The summed E-state index contributed by atoms with van der Waals surface area (Å²) >= 11 is 9.31. The van der Waals surface area contributed by atoms with E-state index in [4.69, 9.17) is 16.0 Å². The molecule has 2 aromatic heterocycles. The highest BCUT2D eigenvalue weighted by Gasteiger charge is 2.10. The largest absolute Gasteiger partial charge is 0.452 e. The zero-order chi connectivity index (χ0) is 11.1. The number of aromatic nitrogens is 2. The molecule has 0 aliphatic rings. The molecule has 0 saturated carbocycles. The van der Waals surface area contributed by atoms with E-state index in [0.717, 1.165) is 21.1 Å². The third-order valence-electron chi connectivity index (χ3n) is 2.32. The van der Waals surface area contributed by atoms with E-state index in [0.29, 0.717) is 11.0 Å². The molecule has 3 rings (SSSR count). The number of H-pyrrole nitrogens is 1. The van der Waals surface area contributed by atoms with Crippen molar-refractivity contribution in [3.63, 3.8) is 0 Å². The van der Waals surface area contributed by atoms with Crippen LogP contribution >= 0.6 is 27.5 Å². The second kappa shape index (κ2) is 3.64. The predicted molar refractivity (Wildman–Crippen MR) is 66.5 cm³/mol. The predicted octanol–water partition coefficient (Wildman–Crippen LogP) is 4.24. The first-order chi connectivity index (χ1) is 7.74. The normalized spacial score (nSPS) is 11.1. The smallest absolute Gasteiger partial charge is 0.203 e. The zero-order valence-electron chi connectivity index (χ0n) is 8.00. The summed E-state index contributed by atoms with van der Waals surface area (Å²) in [5.74, 6) is 0.715. The van der Waals surface area contributed by atoms with Crippen molar-refractivity contribution >= 4 is 38.6 Å². The molecule has 1 N–H and O–H groups in total. The van der Waals surface area contributed by atoms with Crippen molar-refractivity contribution in [1.29, 1.82) is 0 Å². The van der Waals surface area contributed by atoms with Gasteiger partial charge in [-0.3, -0.25) is 0 Å². The maximum atomic E-state index is 5.90. The molecule has 1 aromatic carbocycles. The van der Waals surface area contributed by atoms with Crippen molar-refractivity contribution < 1.29 is 4.42 Å². The Morgan fingerprint density at radius 1 is 1.31 bits per heavy atom. The zero-order valence-corrected chi connectivity index (χ0v) is 10.3. The second-order valence-corrected chi connectivity index (χ2v) is 4.61. The van der Waals surface area contributed by atoms with Crippen LogP contribution in [0, 0.1) is 0 Å². The fourth-order valence-electron chi connectivity index (χ4n) is 1.57. The van der Waals surface area contributed by atoms with Crippen molar-refractivity contribution in [3.8, 4) is 11.4 Å². The minimum absolute atomic E-state index is 0.345. The molecule has 0 aliphatic heterocycles. The molecule has 5 heteroatoms. The molecule has 2 heterocycles. The molecule has 0 aliphatic carbocycles. The van der Waals surface area contributed by atoms with Crippen LogP contribution in [-0.2, 0) is 0 Å². The molecule has 3 nitrogen and oxygen atoms in total. The van der Waals surface area contributed by atoms with E-state index in [-0.39, 0.29) is 0 Å². The number of imidazole rings is 1. The Hall–Kier alpha value is -1.26. The average molecular weight is 298 g/mol. The Balaban J connectivity index is 2.23. The van der Waals surface area contributed by atoms with Gasteiger partial charge < -0.3 is 9.40 Å². The topological polar surface area (TPSA) is 41.8 Å². The Morgan fingerprint density at radius 3 is 2.94 bits per heavy atom. The van der Waals surface area contributed by atoms with Gasteiger partial charge in [0, 0.05) is 4.47 Å². The van der Waals surface area contributed by atoms with Gasteiger partial charge in [0.25, 0.3) is 0 Å². The van der Waals surface area contributed by atoms with Crippen LogP contribution < -0.4 is 0 Å². The number of nitrogens with one attached hydrogen (secondary N) is 1. The summed E-state index contributed by atoms with van der Waals surface area (Å²) in [6, 6.07) is 7.65. The fourth-order valence-corrected chi connectivity index (χ4v) is 2.14. The Bertz CT molecular complexity index is 659. The van der Waals surface area contributed by atoms with Crippen LogP contribution in [0.3, 0.4) is 0 Å². The Morgan fingerprint density at radius 2 is 2.19 bits per heavy atom. The van der Waals surface area contributed by atoms with Crippen molar-refractivity contribution in [2.24, 2.45) is 0 Å². The van der Waals surface area contributed by atoms with Gasteiger partial charge in [-0.25, -0.2) is 4.98 Å². The third-order valence-corrected chi connectivity index (χ3v) is 3.10. The number of nitrogens with zero attached hydrogens (tertiary/aromatic N) is 1. The van der Waals surface area contributed by atoms with Gasteiger partial charge in [-0.1, -0.05) is 15.9 Å². The van der Waals surface area contributed by atoms with Gasteiger partial charge in [0.05, 0.1) is 22.9 Å². The highest BCUT2D eigenvalue weighted by atomic mass is 79.9. The minimum atomic E-state index is 0.345. The van der Waals surface area contributed by atoms with Crippen LogP contribution in [0.4, 0.5) is 0 Å². The lowest BCUT2D eigenvalue weighted by atomic mass is 10.3. The molecule has 0 fully saturated rings. The summed E-state index contributed by atoms with van der Waals surface area (Å²) in [5, 5.41) is 0.345. The number of fused-ring (bicyclic) bond motifs is 1. The Labute approximate surface area is 105 Å². The highest BCUT2D eigenvalue weighted by Crippen LogP contribution is 2.28. The van der Waals surface area contributed by atoms with Gasteiger partial charge in [-0.05, 0) is 35.9 Å². The van der Waals surface area contributed by atoms with Gasteiger partial charge in [0.15, 0.2) is 0 Å². The molecule has 0 bridgehead atoms. The van der Waals surface area contributed by atoms with E-state index < -0.39 is 0 Å². The molecule has 0 atom stereocenters. The van der Waals surface area contributed by atoms with E-state index in [9.17, 15) is 0 Å². The highest BCUT2D eigenvalue weighted by molar-refractivity contribution is 9.10. The van der Waals surface area contributed by atoms with Crippen molar-refractivity contribution in [2.75, 3.05) is 0 Å². The van der Waals surface area contributed by atoms with Gasteiger partial charge in [-0.2, -0.15) is 0 Å². The van der Waals surface area contributed by atoms with Crippen LogP contribution in [0.15, 0.2) is 39.4 Å². The molecule has 0 spiro atoms. The molecule has 16 heavy (non-hydrogen) atoms. The summed E-state index contributed by atoms with van der Waals surface area (Å²) < 4.78 is 6.04. The number of hydrogen-bond donors (Lipinski definition) is 1. The van der Waals surface area contributed by atoms with Crippen LogP contribution in [-0.4, -0.2) is 9.97 Å². The minimum Gasteiger partial charge on any atom is -0.452 e. The summed E-state index contributed by atoms with van der Waals surface area (Å²) in [7, 11) is 0. The molecule has 80 valence electrons. The number of hydrogen-bond acceptors (Lipinski definition) is 2. The molecule has 0 radical (unpaired) electrons. The number of aromatic amines is 1. The third kappa shape index (κ3) is 1.54. The SMILES string of the molecule is Clc1occc1-c1nc2ccc(Br)cc2[nH]1.